The number of nitrogens with zero attached hydrogens (tertiary/aromatic N) is 1. The van der Waals surface area contributed by atoms with Gasteiger partial charge in [0.25, 0.3) is 0 Å². The van der Waals surface area contributed by atoms with Gasteiger partial charge >= 0.3 is 6.09 Å². The molecular formula is C17H25FN2O4S. The fourth-order valence-corrected chi connectivity index (χ4v) is 3.86. The van der Waals surface area contributed by atoms with Crippen LogP contribution in [0.4, 0.5) is 9.18 Å². The van der Waals surface area contributed by atoms with Gasteiger partial charge in [0.05, 0.1) is 5.75 Å². The summed E-state index contributed by atoms with van der Waals surface area (Å²) < 4.78 is 45.2. The van der Waals surface area contributed by atoms with Gasteiger partial charge in [-0.3, -0.25) is 0 Å². The molecule has 0 bridgehead atoms. The van der Waals surface area contributed by atoms with E-state index in [-0.39, 0.29) is 18.3 Å². The number of nitrogens with one attached hydrogen (secondary N) is 1. The van der Waals surface area contributed by atoms with Gasteiger partial charge in [-0.1, -0.05) is 12.1 Å². The number of carbonyl (C=O) groups is 1. The van der Waals surface area contributed by atoms with Crippen LogP contribution in [0.5, 0.6) is 0 Å². The van der Waals surface area contributed by atoms with Gasteiger partial charge in [0.2, 0.25) is 10.0 Å². The van der Waals surface area contributed by atoms with Gasteiger partial charge in [-0.05, 0) is 51.3 Å². The molecule has 0 saturated carbocycles. The number of rotatable bonds is 5. The van der Waals surface area contributed by atoms with Gasteiger partial charge in [-0.15, -0.1) is 0 Å². The van der Waals surface area contributed by atoms with Gasteiger partial charge in [-0.25, -0.2) is 22.3 Å². The molecule has 0 aromatic heterocycles. The zero-order valence-electron chi connectivity index (χ0n) is 14.8. The van der Waals surface area contributed by atoms with E-state index in [0.717, 1.165) is 12.8 Å². The summed E-state index contributed by atoms with van der Waals surface area (Å²) in [5.41, 5.74) is -0.0870. The fourth-order valence-electron chi connectivity index (χ4n) is 2.68. The molecule has 0 unspecified atom stereocenters. The zero-order valence-corrected chi connectivity index (χ0v) is 15.6. The van der Waals surface area contributed by atoms with Gasteiger partial charge in [0.1, 0.15) is 11.4 Å². The molecule has 0 aliphatic carbocycles. The molecule has 1 aliphatic heterocycles. The van der Waals surface area contributed by atoms with Gasteiger partial charge in [0, 0.05) is 19.1 Å². The number of carbonyl (C=O) groups excluding carboxylic acids is 1. The second kappa shape index (κ2) is 7.70. The lowest BCUT2D eigenvalue weighted by Gasteiger charge is -2.28. The Labute approximate surface area is 148 Å². The molecule has 1 amide bonds. The normalized spacial score (nSPS) is 18.4. The Morgan fingerprint density at radius 1 is 1.32 bits per heavy atom. The largest absolute Gasteiger partial charge is 0.444 e. The maximum atomic E-state index is 12.9. The average molecular weight is 372 g/mol. The van der Waals surface area contributed by atoms with Crippen molar-refractivity contribution in [1.82, 2.24) is 9.62 Å². The maximum Gasteiger partial charge on any atom is 0.410 e. The highest BCUT2D eigenvalue weighted by Gasteiger charge is 2.32. The molecule has 1 heterocycles. The Morgan fingerprint density at radius 3 is 2.56 bits per heavy atom. The summed E-state index contributed by atoms with van der Waals surface area (Å²) in [6.45, 7) is 6.08. The third-order valence-corrected chi connectivity index (χ3v) is 5.13. The quantitative estimate of drug-likeness (QED) is 0.862. The predicted octanol–water partition coefficient (Wildman–Crippen LogP) is 2.64. The summed E-state index contributed by atoms with van der Waals surface area (Å²) in [5, 5.41) is 0. The standard InChI is InChI=1S/C17H25FN2O4S/c1-17(2,3)24-16(21)20-10-4-5-15(20)11-19-25(22,23)12-13-6-8-14(18)9-7-13/h6-9,15,19H,4-5,10-12H2,1-3H3/t15-/m1/s1. The topological polar surface area (TPSA) is 75.7 Å². The minimum Gasteiger partial charge on any atom is -0.444 e. The molecule has 1 atom stereocenters. The molecule has 8 heteroatoms. The first-order valence-electron chi connectivity index (χ1n) is 8.27. The van der Waals surface area contributed by atoms with Gasteiger partial charge in [0.15, 0.2) is 0 Å². The lowest BCUT2D eigenvalue weighted by Crippen LogP contribution is -2.45. The van der Waals surface area contributed by atoms with E-state index < -0.39 is 27.5 Å². The van der Waals surface area contributed by atoms with Crippen LogP contribution in [0.3, 0.4) is 0 Å². The fraction of sp³-hybridized carbons (Fsp3) is 0.588. The number of halogens is 1. The maximum absolute atomic E-state index is 12.9. The molecule has 140 valence electrons. The number of benzene rings is 1. The van der Waals surface area contributed by atoms with Crippen molar-refractivity contribution in [2.24, 2.45) is 0 Å². The number of ether oxygens (including phenoxy) is 1. The van der Waals surface area contributed by atoms with Crippen LogP contribution in [0.15, 0.2) is 24.3 Å². The molecule has 6 nitrogen and oxygen atoms in total. The molecule has 1 aliphatic rings. The van der Waals surface area contributed by atoms with Crippen molar-refractivity contribution in [2.75, 3.05) is 13.1 Å². The van der Waals surface area contributed by atoms with Crippen LogP contribution in [0.2, 0.25) is 0 Å². The van der Waals surface area contributed by atoms with E-state index in [9.17, 15) is 17.6 Å². The highest BCUT2D eigenvalue weighted by atomic mass is 32.2. The summed E-state index contributed by atoms with van der Waals surface area (Å²) in [4.78, 5) is 13.8. The monoisotopic (exact) mass is 372 g/mol. The SMILES string of the molecule is CC(C)(C)OC(=O)N1CCC[C@@H]1CNS(=O)(=O)Cc1ccc(F)cc1. The van der Waals surface area contributed by atoms with Crippen molar-refractivity contribution in [3.8, 4) is 0 Å². The van der Waals surface area contributed by atoms with Crippen molar-refractivity contribution in [2.45, 2.75) is 51.0 Å². The lowest BCUT2D eigenvalue weighted by molar-refractivity contribution is 0.0229. The molecule has 0 radical (unpaired) electrons. The van der Waals surface area contributed by atoms with Crippen molar-refractivity contribution in [3.63, 3.8) is 0 Å². The third-order valence-electron chi connectivity index (χ3n) is 3.81. The minimum absolute atomic E-state index is 0.142. The van der Waals surface area contributed by atoms with E-state index in [4.69, 9.17) is 4.74 Å². The van der Waals surface area contributed by atoms with E-state index in [1.807, 2.05) is 0 Å². The smallest absolute Gasteiger partial charge is 0.410 e. The minimum atomic E-state index is -3.57. The van der Waals surface area contributed by atoms with Crippen molar-refractivity contribution in [3.05, 3.63) is 35.6 Å². The summed E-state index contributed by atoms with van der Waals surface area (Å²) in [5.74, 6) is -0.639. The van der Waals surface area contributed by atoms with Crippen LogP contribution in [0.1, 0.15) is 39.2 Å². The summed E-state index contributed by atoms with van der Waals surface area (Å²) in [6.07, 6.45) is 1.11. The Morgan fingerprint density at radius 2 is 1.96 bits per heavy atom. The predicted molar refractivity (Wildman–Crippen MR) is 93.0 cm³/mol. The van der Waals surface area contributed by atoms with E-state index in [1.165, 1.54) is 24.3 Å². The van der Waals surface area contributed by atoms with Crippen molar-refractivity contribution >= 4 is 16.1 Å². The molecule has 1 fully saturated rings. The van der Waals surface area contributed by atoms with Gasteiger partial charge in [-0.2, -0.15) is 0 Å². The first-order valence-corrected chi connectivity index (χ1v) is 9.92. The van der Waals surface area contributed by atoms with Crippen LogP contribution in [-0.2, 0) is 20.5 Å². The van der Waals surface area contributed by atoms with Crippen LogP contribution >= 0.6 is 0 Å². The van der Waals surface area contributed by atoms with Crippen LogP contribution in [-0.4, -0.2) is 44.1 Å². The van der Waals surface area contributed by atoms with E-state index in [2.05, 4.69) is 4.72 Å². The Hall–Kier alpha value is -1.67. The number of hydrogen-bond donors (Lipinski definition) is 1. The summed E-state index contributed by atoms with van der Waals surface area (Å²) >= 11 is 0. The lowest BCUT2D eigenvalue weighted by atomic mass is 10.2. The van der Waals surface area contributed by atoms with Crippen LogP contribution in [0, 0.1) is 5.82 Å². The zero-order chi connectivity index (χ0) is 18.7. The summed E-state index contributed by atoms with van der Waals surface area (Å²) in [7, 11) is -3.57. The molecule has 2 rings (SSSR count). The van der Waals surface area contributed by atoms with Crippen molar-refractivity contribution < 1.29 is 22.3 Å². The highest BCUT2D eigenvalue weighted by Crippen LogP contribution is 2.20. The second-order valence-electron chi connectivity index (χ2n) is 7.20. The molecule has 25 heavy (non-hydrogen) atoms. The molecule has 1 saturated heterocycles. The van der Waals surface area contributed by atoms with Crippen LogP contribution < -0.4 is 4.72 Å². The molecule has 0 spiro atoms. The number of sulfonamides is 1. The average Bonchev–Trinajstić information content (AvgIpc) is 2.94. The van der Waals surface area contributed by atoms with Crippen LogP contribution in [0.25, 0.3) is 0 Å². The van der Waals surface area contributed by atoms with E-state index >= 15 is 0 Å². The molecular weight excluding hydrogens is 347 g/mol. The first-order chi connectivity index (χ1) is 11.6. The van der Waals surface area contributed by atoms with E-state index in [1.54, 1.807) is 25.7 Å². The highest BCUT2D eigenvalue weighted by molar-refractivity contribution is 7.88. The number of amides is 1. The van der Waals surface area contributed by atoms with E-state index in [0.29, 0.717) is 12.1 Å². The summed E-state index contributed by atoms with van der Waals surface area (Å²) in [6, 6.07) is 5.12. The Balaban J connectivity index is 1.92. The molecule has 1 aromatic carbocycles. The second-order valence-corrected chi connectivity index (χ2v) is 9.01. The molecule has 1 aromatic rings. The Bertz CT molecular complexity index is 698. The number of likely N-dealkylation sites (tertiary alicyclic amines) is 1. The van der Waals surface area contributed by atoms with Gasteiger partial charge < -0.3 is 9.64 Å². The Kier molecular flexibility index (Phi) is 6.05. The molecule has 1 N–H and O–H groups in total. The first kappa shape index (κ1) is 19.7. The van der Waals surface area contributed by atoms with Crippen molar-refractivity contribution in [1.29, 1.82) is 0 Å². The number of hydrogen-bond acceptors (Lipinski definition) is 4. The third kappa shape index (κ3) is 6.28.